The van der Waals surface area contributed by atoms with Crippen molar-refractivity contribution in [2.24, 2.45) is 0 Å². The first-order chi connectivity index (χ1) is 10.2. The molecular formula is C15H18N2O3S. The molecule has 1 aromatic carbocycles. The predicted molar refractivity (Wildman–Crippen MR) is 83.2 cm³/mol. The number of para-hydroxylation sites is 1. The number of nitrogens with one attached hydrogen (secondary N) is 1. The lowest BCUT2D eigenvalue weighted by Gasteiger charge is -2.10. The van der Waals surface area contributed by atoms with E-state index in [0.29, 0.717) is 23.4 Å². The number of unbranched alkanes of at least 4 members (excludes halogenated alkanes) is 1. The molecule has 21 heavy (non-hydrogen) atoms. The van der Waals surface area contributed by atoms with Crippen molar-refractivity contribution in [3.05, 3.63) is 29.8 Å². The fourth-order valence-electron chi connectivity index (χ4n) is 1.58. The Kier molecular flexibility index (Phi) is 7.99. The molecule has 0 fully saturated rings. The molecule has 0 spiro atoms. The summed E-state index contributed by atoms with van der Waals surface area (Å²) in [5.41, 5.74) is 0.806. The van der Waals surface area contributed by atoms with Gasteiger partial charge in [-0.15, -0.1) is 0 Å². The first kappa shape index (κ1) is 17.1. The lowest BCUT2D eigenvalue weighted by Crippen LogP contribution is -2.17. The van der Waals surface area contributed by atoms with Crippen LogP contribution in [0.2, 0.25) is 0 Å². The summed E-state index contributed by atoms with van der Waals surface area (Å²) in [7, 11) is 0. The average molecular weight is 306 g/mol. The second kappa shape index (κ2) is 9.83. The molecule has 0 radical (unpaired) electrons. The molecule has 0 saturated heterocycles. The maximum absolute atomic E-state index is 11.8. The lowest BCUT2D eigenvalue weighted by atomic mass is 10.2. The van der Waals surface area contributed by atoms with Gasteiger partial charge in [0.2, 0.25) is 5.91 Å². The Morgan fingerprint density at radius 1 is 1.38 bits per heavy atom. The van der Waals surface area contributed by atoms with Gasteiger partial charge in [-0.2, -0.15) is 17.0 Å². The molecule has 0 bridgehead atoms. The van der Waals surface area contributed by atoms with E-state index in [2.05, 4.69) is 11.4 Å². The van der Waals surface area contributed by atoms with Crippen molar-refractivity contribution in [2.75, 3.05) is 23.4 Å². The van der Waals surface area contributed by atoms with Crippen LogP contribution in [0.4, 0.5) is 5.69 Å². The summed E-state index contributed by atoms with van der Waals surface area (Å²) in [4.78, 5) is 23.6. The zero-order valence-electron chi connectivity index (χ0n) is 11.9. The van der Waals surface area contributed by atoms with E-state index in [1.807, 2.05) is 0 Å². The van der Waals surface area contributed by atoms with Gasteiger partial charge in [0.05, 0.1) is 29.7 Å². The van der Waals surface area contributed by atoms with Crippen molar-refractivity contribution < 1.29 is 14.3 Å². The number of anilines is 1. The summed E-state index contributed by atoms with van der Waals surface area (Å²) in [5.74, 6) is 0.437. The molecule has 5 nitrogen and oxygen atoms in total. The Balaban J connectivity index is 2.52. The molecule has 0 aliphatic carbocycles. The number of benzene rings is 1. The molecule has 0 heterocycles. The van der Waals surface area contributed by atoms with E-state index in [4.69, 9.17) is 10.00 Å². The number of hydrogen-bond acceptors (Lipinski definition) is 5. The Morgan fingerprint density at radius 3 is 2.86 bits per heavy atom. The highest BCUT2D eigenvalue weighted by Gasteiger charge is 2.13. The molecule has 112 valence electrons. The van der Waals surface area contributed by atoms with Crippen molar-refractivity contribution in [3.8, 4) is 6.07 Å². The zero-order chi connectivity index (χ0) is 15.5. The minimum absolute atomic E-state index is 0.172. The van der Waals surface area contributed by atoms with Gasteiger partial charge in [-0.25, -0.2) is 4.79 Å². The van der Waals surface area contributed by atoms with E-state index < -0.39 is 5.97 Å². The summed E-state index contributed by atoms with van der Waals surface area (Å²) in [5, 5.41) is 11.1. The van der Waals surface area contributed by atoms with Gasteiger partial charge in [-0.1, -0.05) is 12.1 Å². The van der Waals surface area contributed by atoms with Crippen LogP contribution < -0.4 is 5.32 Å². The molecule has 1 rings (SSSR count). The van der Waals surface area contributed by atoms with E-state index in [1.54, 1.807) is 31.2 Å². The van der Waals surface area contributed by atoms with Crippen LogP contribution in [0.25, 0.3) is 0 Å². The fourth-order valence-corrected chi connectivity index (χ4v) is 2.33. The molecule has 0 unspecified atom stereocenters. The van der Waals surface area contributed by atoms with Crippen LogP contribution in [-0.2, 0) is 9.53 Å². The van der Waals surface area contributed by atoms with Crippen LogP contribution in [0.3, 0.4) is 0 Å². The number of thioether (sulfide) groups is 1. The third kappa shape index (κ3) is 6.32. The van der Waals surface area contributed by atoms with Crippen LogP contribution in [-0.4, -0.2) is 30.0 Å². The SMILES string of the molecule is CCOC(=O)c1ccccc1NC(=O)CSCCCC#N. The minimum atomic E-state index is -0.449. The monoisotopic (exact) mass is 306 g/mol. The van der Waals surface area contributed by atoms with Crippen molar-refractivity contribution >= 4 is 29.3 Å². The number of rotatable bonds is 8. The van der Waals surface area contributed by atoms with E-state index in [0.717, 1.165) is 12.2 Å². The van der Waals surface area contributed by atoms with Gasteiger partial charge in [-0.05, 0) is 31.2 Å². The molecule has 0 aliphatic rings. The third-order valence-corrected chi connectivity index (χ3v) is 3.55. The highest BCUT2D eigenvalue weighted by molar-refractivity contribution is 7.99. The molecule has 0 saturated carbocycles. The van der Waals surface area contributed by atoms with Crippen molar-refractivity contribution in [1.82, 2.24) is 0 Å². The summed E-state index contributed by atoms with van der Waals surface area (Å²) in [6.45, 7) is 2.02. The van der Waals surface area contributed by atoms with Gasteiger partial charge >= 0.3 is 5.97 Å². The number of ether oxygens (including phenoxy) is 1. The van der Waals surface area contributed by atoms with Gasteiger partial charge in [0.1, 0.15) is 0 Å². The first-order valence-electron chi connectivity index (χ1n) is 6.69. The van der Waals surface area contributed by atoms with Crippen LogP contribution in [0.5, 0.6) is 0 Å². The standard InChI is InChI=1S/C15H18N2O3S/c1-2-20-15(19)12-7-3-4-8-13(12)17-14(18)11-21-10-6-5-9-16/h3-4,7-8H,2,5-6,10-11H2,1H3,(H,17,18). The molecule has 0 aromatic heterocycles. The third-order valence-electron chi connectivity index (χ3n) is 2.51. The number of amides is 1. The number of esters is 1. The number of carbonyl (C=O) groups is 2. The average Bonchev–Trinajstić information content (AvgIpc) is 2.48. The quantitative estimate of drug-likeness (QED) is 0.590. The smallest absolute Gasteiger partial charge is 0.340 e. The summed E-state index contributed by atoms with van der Waals surface area (Å²) in [6.07, 6.45) is 1.27. The van der Waals surface area contributed by atoms with Crippen molar-refractivity contribution in [1.29, 1.82) is 5.26 Å². The second-order valence-corrected chi connectivity index (χ2v) is 5.23. The Labute approximate surface area is 128 Å². The van der Waals surface area contributed by atoms with Gasteiger partial charge in [-0.3, -0.25) is 4.79 Å². The van der Waals surface area contributed by atoms with Crippen molar-refractivity contribution in [2.45, 2.75) is 19.8 Å². The summed E-state index contributed by atoms with van der Waals surface area (Å²) < 4.78 is 4.95. The summed E-state index contributed by atoms with van der Waals surface area (Å²) >= 11 is 1.47. The van der Waals surface area contributed by atoms with Gasteiger partial charge in [0.15, 0.2) is 0 Å². The number of carbonyl (C=O) groups excluding carboxylic acids is 2. The number of nitriles is 1. The molecule has 1 amide bonds. The second-order valence-electron chi connectivity index (χ2n) is 4.13. The molecule has 6 heteroatoms. The normalized spacial score (nSPS) is 9.71. The van der Waals surface area contributed by atoms with Crippen LogP contribution in [0, 0.1) is 11.3 Å². The van der Waals surface area contributed by atoms with Crippen LogP contribution in [0.15, 0.2) is 24.3 Å². The Morgan fingerprint density at radius 2 is 2.14 bits per heavy atom. The summed E-state index contributed by atoms with van der Waals surface area (Å²) in [6, 6.07) is 8.82. The maximum Gasteiger partial charge on any atom is 0.340 e. The number of nitrogens with zero attached hydrogens (tertiary/aromatic N) is 1. The van der Waals surface area contributed by atoms with Gasteiger partial charge < -0.3 is 10.1 Å². The fraction of sp³-hybridized carbons (Fsp3) is 0.400. The maximum atomic E-state index is 11.8. The Hall–Kier alpha value is -2.00. The van der Waals surface area contributed by atoms with E-state index >= 15 is 0 Å². The molecule has 0 atom stereocenters. The minimum Gasteiger partial charge on any atom is -0.462 e. The first-order valence-corrected chi connectivity index (χ1v) is 7.85. The Bertz CT molecular complexity index is 526. The number of hydrogen-bond donors (Lipinski definition) is 1. The predicted octanol–water partition coefficient (Wildman–Crippen LogP) is 2.84. The van der Waals surface area contributed by atoms with Crippen LogP contribution in [0.1, 0.15) is 30.1 Å². The highest BCUT2D eigenvalue weighted by atomic mass is 32.2. The van der Waals surface area contributed by atoms with E-state index in [9.17, 15) is 9.59 Å². The van der Waals surface area contributed by atoms with Gasteiger partial charge in [0, 0.05) is 6.42 Å². The molecule has 0 aliphatic heterocycles. The molecule has 1 aromatic rings. The highest BCUT2D eigenvalue weighted by Crippen LogP contribution is 2.17. The van der Waals surface area contributed by atoms with E-state index in [-0.39, 0.29) is 12.5 Å². The van der Waals surface area contributed by atoms with E-state index in [1.165, 1.54) is 11.8 Å². The lowest BCUT2D eigenvalue weighted by molar-refractivity contribution is -0.113. The van der Waals surface area contributed by atoms with Crippen LogP contribution >= 0.6 is 11.8 Å². The zero-order valence-corrected chi connectivity index (χ0v) is 12.7. The largest absolute Gasteiger partial charge is 0.462 e. The van der Waals surface area contributed by atoms with Crippen molar-refractivity contribution in [3.63, 3.8) is 0 Å². The topological polar surface area (TPSA) is 79.2 Å². The molecule has 1 N–H and O–H groups in total. The van der Waals surface area contributed by atoms with Gasteiger partial charge in [0.25, 0.3) is 0 Å². The molecular weight excluding hydrogens is 288 g/mol.